The molecule has 0 saturated carbocycles. The van der Waals surface area contributed by atoms with Gasteiger partial charge in [0.1, 0.15) is 23.2 Å². The van der Waals surface area contributed by atoms with Gasteiger partial charge in [0.2, 0.25) is 0 Å². The molecule has 0 atom stereocenters. The number of hydrogen-bond donors (Lipinski definition) is 1. The Kier molecular flexibility index (Phi) is 5.74. The Morgan fingerprint density at radius 2 is 1.83 bits per heavy atom. The lowest BCUT2D eigenvalue weighted by Crippen LogP contribution is -2.13. The molecule has 1 N–H and O–H groups in total. The quantitative estimate of drug-likeness (QED) is 0.523. The van der Waals surface area contributed by atoms with E-state index < -0.39 is 5.91 Å². The van der Waals surface area contributed by atoms with Crippen LogP contribution in [0.1, 0.15) is 17.0 Å². The number of benzene rings is 2. The van der Waals surface area contributed by atoms with E-state index in [4.69, 9.17) is 4.74 Å². The highest BCUT2D eigenvalue weighted by molar-refractivity contribution is 6.09. The van der Waals surface area contributed by atoms with Crippen molar-refractivity contribution >= 4 is 17.7 Å². The van der Waals surface area contributed by atoms with Crippen LogP contribution in [0.2, 0.25) is 0 Å². The number of methoxy groups -OCH3 is 1. The van der Waals surface area contributed by atoms with E-state index in [1.165, 1.54) is 18.2 Å². The molecule has 29 heavy (non-hydrogen) atoms. The van der Waals surface area contributed by atoms with E-state index in [9.17, 15) is 14.4 Å². The molecule has 3 aromatic rings. The van der Waals surface area contributed by atoms with E-state index in [1.54, 1.807) is 55.1 Å². The van der Waals surface area contributed by atoms with Gasteiger partial charge in [-0.15, -0.1) is 0 Å². The highest BCUT2D eigenvalue weighted by atomic mass is 19.1. The molecular formula is C22H19FN4O2. The lowest BCUT2D eigenvalue weighted by molar-refractivity contribution is -0.112. The molecule has 0 bridgehead atoms. The minimum absolute atomic E-state index is 0.0503. The van der Waals surface area contributed by atoms with Crippen molar-refractivity contribution in [1.29, 1.82) is 5.26 Å². The van der Waals surface area contributed by atoms with E-state index in [1.807, 2.05) is 13.0 Å². The van der Waals surface area contributed by atoms with E-state index in [2.05, 4.69) is 10.4 Å². The van der Waals surface area contributed by atoms with Gasteiger partial charge in [0.05, 0.1) is 18.5 Å². The number of hydrogen-bond acceptors (Lipinski definition) is 4. The van der Waals surface area contributed by atoms with Gasteiger partial charge in [-0.2, -0.15) is 10.4 Å². The van der Waals surface area contributed by atoms with Crippen LogP contribution in [0.3, 0.4) is 0 Å². The molecule has 0 spiro atoms. The molecule has 7 heteroatoms. The summed E-state index contributed by atoms with van der Waals surface area (Å²) >= 11 is 0. The Labute approximate surface area is 167 Å². The van der Waals surface area contributed by atoms with Gasteiger partial charge in [-0.05, 0) is 68.5 Å². The predicted octanol–water partition coefficient (Wildman–Crippen LogP) is 4.18. The summed E-state index contributed by atoms with van der Waals surface area (Å²) in [6.07, 6.45) is 1.51. The second kappa shape index (κ2) is 8.40. The first-order valence-electron chi connectivity index (χ1n) is 8.82. The average molecular weight is 390 g/mol. The summed E-state index contributed by atoms with van der Waals surface area (Å²) in [5.41, 5.74) is 3.23. The summed E-state index contributed by atoms with van der Waals surface area (Å²) in [6, 6.07) is 14.7. The molecule has 0 unspecified atom stereocenters. The van der Waals surface area contributed by atoms with Gasteiger partial charge in [-0.1, -0.05) is 0 Å². The lowest BCUT2D eigenvalue weighted by atomic mass is 10.1. The summed E-state index contributed by atoms with van der Waals surface area (Å²) < 4.78 is 19.9. The third-order valence-corrected chi connectivity index (χ3v) is 4.42. The molecule has 1 aromatic heterocycles. The van der Waals surface area contributed by atoms with Crippen molar-refractivity contribution in [2.75, 3.05) is 12.4 Å². The number of ether oxygens (including phenoxy) is 1. The molecule has 0 fully saturated rings. The first-order valence-corrected chi connectivity index (χ1v) is 8.82. The van der Waals surface area contributed by atoms with E-state index in [-0.39, 0.29) is 11.4 Å². The molecule has 0 aliphatic rings. The van der Waals surface area contributed by atoms with Crippen molar-refractivity contribution in [1.82, 2.24) is 9.78 Å². The number of halogens is 1. The van der Waals surface area contributed by atoms with Crippen LogP contribution in [0.25, 0.3) is 11.8 Å². The van der Waals surface area contributed by atoms with Crippen molar-refractivity contribution in [3.8, 4) is 17.5 Å². The van der Waals surface area contributed by atoms with E-state index >= 15 is 0 Å². The van der Waals surface area contributed by atoms with Crippen molar-refractivity contribution in [3.05, 3.63) is 76.9 Å². The van der Waals surface area contributed by atoms with Crippen LogP contribution in [0, 0.1) is 31.0 Å². The number of nitrogens with one attached hydrogen (secondary N) is 1. The Bertz CT molecular complexity index is 1110. The monoisotopic (exact) mass is 390 g/mol. The van der Waals surface area contributed by atoms with Gasteiger partial charge in [-0.25, -0.2) is 9.07 Å². The summed E-state index contributed by atoms with van der Waals surface area (Å²) in [5.74, 6) is -0.193. The van der Waals surface area contributed by atoms with Crippen LogP contribution in [-0.2, 0) is 4.79 Å². The van der Waals surface area contributed by atoms with E-state index in [0.717, 1.165) is 5.69 Å². The zero-order valence-electron chi connectivity index (χ0n) is 16.2. The van der Waals surface area contributed by atoms with Crippen LogP contribution in [0.5, 0.6) is 5.75 Å². The Morgan fingerprint density at radius 1 is 1.17 bits per heavy atom. The van der Waals surface area contributed by atoms with Crippen molar-refractivity contribution in [2.24, 2.45) is 0 Å². The second-order valence-electron chi connectivity index (χ2n) is 6.33. The molecule has 3 rings (SSSR count). The zero-order chi connectivity index (χ0) is 21.0. The zero-order valence-corrected chi connectivity index (χ0v) is 16.2. The molecular weight excluding hydrogens is 371 g/mol. The summed E-state index contributed by atoms with van der Waals surface area (Å²) in [7, 11) is 1.56. The number of aryl methyl sites for hydroxylation is 1. The van der Waals surface area contributed by atoms with Gasteiger partial charge < -0.3 is 10.1 Å². The van der Waals surface area contributed by atoms with Gasteiger partial charge in [0.25, 0.3) is 5.91 Å². The Hall–Kier alpha value is -3.92. The summed E-state index contributed by atoms with van der Waals surface area (Å²) in [6.45, 7) is 3.61. The summed E-state index contributed by atoms with van der Waals surface area (Å²) in [5, 5.41) is 16.6. The highest BCUT2D eigenvalue weighted by Gasteiger charge is 2.15. The third-order valence-electron chi connectivity index (χ3n) is 4.42. The van der Waals surface area contributed by atoms with Gasteiger partial charge in [-0.3, -0.25) is 4.79 Å². The number of rotatable bonds is 5. The number of carbonyl (C=O) groups is 1. The number of nitriles is 1. The van der Waals surface area contributed by atoms with Gasteiger partial charge in [0, 0.05) is 16.9 Å². The lowest BCUT2D eigenvalue weighted by Gasteiger charge is -2.06. The molecule has 6 nitrogen and oxygen atoms in total. The predicted molar refractivity (Wildman–Crippen MR) is 108 cm³/mol. The smallest absolute Gasteiger partial charge is 0.266 e. The Balaban J connectivity index is 1.89. The van der Waals surface area contributed by atoms with Crippen LogP contribution >= 0.6 is 0 Å². The van der Waals surface area contributed by atoms with E-state index in [0.29, 0.717) is 28.4 Å². The second-order valence-corrected chi connectivity index (χ2v) is 6.33. The Morgan fingerprint density at radius 3 is 2.41 bits per heavy atom. The molecule has 2 aromatic carbocycles. The largest absolute Gasteiger partial charge is 0.497 e. The maximum Gasteiger partial charge on any atom is 0.266 e. The maximum atomic E-state index is 13.2. The molecule has 0 radical (unpaired) electrons. The topological polar surface area (TPSA) is 79.9 Å². The standard InChI is InChI=1S/C22H19FN4O2/c1-14-21(15(2)27(26-14)19-8-4-17(23)5-9-19)12-16(13-24)22(28)25-18-6-10-20(29-3)11-7-18/h4-12H,1-3H3,(H,25,28)/b16-12+. The fourth-order valence-electron chi connectivity index (χ4n) is 2.86. The molecule has 146 valence electrons. The van der Waals surface area contributed by atoms with Crippen LogP contribution in [0.4, 0.5) is 10.1 Å². The number of anilines is 1. The van der Waals surface area contributed by atoms with Gasteiger partial charge in [0.15, 0.2) is 0 Å². The minimum atomic E-state index is -0.522. The number of nitrogens with zero attached hydrogens (tertiary/aromatic N) is 3. The molecule has 0 aliphatic heterocycles. The minimum Gasteiger partial charge on any atom is -0.497 e. The van der Waals surface area contributed by atoms with Gasteiger partial charge >= 0.3 is 0 Å². The summed E-state index contributed by atoms with van der Waals surface area (Å²) in [4.78, 5) is 12.5. The average Bonchev–Trinajstić information content (AvgIpc) is 3.00. The van der Waals surface area contributed by atoms with Crippen LogP contribution in [0.15, 0.2) is 54.1 Å². The van der Waals surface area contributed by atoms with Crippen molar-refractivity contribution in [2.45, 2.75) is 13.8 Å². The molecule has 1 heterocycles. The first kappa shape index (κ1) is 19.8. The maximum absolute atomic E-state index is 13.2. The normalized spacial score (nSPS) is 11.1. The SMILES string of the molecule is COc1ccc(NC(=O)/C(C#N)=C/c2c(C)nn(-c3ccc(F)cc3)c2C)cc1. The van der Waals surface area contributed by atoms with Crippen LogP contribution < -0.4 is 10.1 Å². The molecule has 0 aliphatic carbocycles. The molecule has 1 amide bonds. The number of amides is 1. The molecule has 0 saturated heterocycles. The third kappa shape index (κ3) is 4.33. The first-order chi connectivity index (χ1) is 13.9. The highest BCUT2D eigenvalue weighted by Crippen LogP contribution is 2.22. The fraction of sp³-hybridized carbons (Fsp3) is 0.136. The van der Waals surface area contributed by atoms with Crippen LogP contribution in [-0.4, -0.2) is 22.8 Å². The number of carbonyl (C=O) groups excluding carboxylic acids is 1. The van der Waals surface area contributed by atoms with Crippen molar-refractivity contribution < 1.29 is 13.9 Å². The fourth-order valence-corrected chi connectivity index (χ4v) is 2.86. The number of aromatic nitrogens is 2. The van der Waals surface area contributed by atoms with Crippen molar-refractivity contribution in [3.63, 3.8) is 0 Å².